The van der Waals surface area contributed by atoms with E-state index in [0.29, 0.717) is 26.2 Å². The number of amides is 2. The van der Waals surface area contributed by atoms with Crippen LogP contribution < -0.4 is 0 Å². The van der Waals surface area contributed by atoms with Crippen LogP contribution in [-0.4, -0.2) is 65.3 Å². The number of carbonyl (C=O) groups is 2. The van der Waals surface area contributed by atoms with Crippen molar-refractivity contribution in [3.63, 3.8) is 0 Å². The van der Waals surface area contributed by atoms with Crippen LogP contribution in [0.25, 0.3) is 0 Å². The molecule has 0 unspecified atom stereocenters. The van der Waals surface area contributed by atoms with E-state index in [1.54, 1.807) is 12.1 Å². The molecule has 1 saturated heterocycles. The van der Waals surface area contributed by atoms with E-state index >= 15 is 0 Å². The third kappa shape index (κ3) is 5.48. The van der Waals surface area contributed by atoms with Crippen LogP contribution in [0.4, 0.5) is 4.39 Å². The first-order valence-corrected chi connectivity index (χ1v) is 14.0. The molecule has 0 bridgehead atoms. The fourth-order valence-corrected chi connectivity index (χ4v) is 6.58. The third-order valence-electron chi connectivity index (χ3n) is 7.77. The number of nitrogens with zero attached hydrogens (tertiary/aromatic N) is 3. The van der Waals surface area contributed by atoms with Crippen LogP contribution in [0.3, 0.4) is 0 Å². The Kier molecular flexibility index (Phi) is 7.72. The Morgan fingerprint density at radius 3 is 2.46 bits per heavy atom. The van der Waals surface area contributed by atoms with Gasteiger partial charge in [-0.1, -0.05) is 36.4 Å². The van der Waals surface area contributed by atoms with Crippen molar-refractivity contribution in [2.45, 2.75) is 45.2 Å². The molecule has 2 aromatic carbocycles. The van der Waals surface area contributed by atoms with Crippen LogP contribution >= 0.6 is 11.3 Å². The lowest BCUT2D eigenvalue weighted by Crippen LogP contribution is -2.51. The Morgan fingerprint density at radius 1 is 0.946 bits per heavy atom. The van der Waals surface area contributed by atoms with Gasteiger partial charge in [0.25, 0.3) is 0 Å². The van der Waals surface area contributed by atoms with E-state index in [0.717, 1.165) is 24.9 Å². The number of fused-ring (bicyclic) bond motifs is 1. The maximum absolute atomic E-state index is 13.8. The molecule has 1 fully saturated rings. The van der Waals surface area contributed by atoms with Crippen molar-refractivity contribution in [3.05, 3.63) is 92.9 Å². The molecule has 2 atom stereocenters. The van der Waals surface area contributed by atoms with Gasteiger partial charge in [0.15, 0.2) is 0 Å². The van der Waals surface area contributed by atoms with Gasteiger partial charge in [-0.05, 0) is 72.5 Å². The quantitative estimate of drug-likeness (QED) is 0.485. The molecule has 1 aromatic heterocycles. The normalized spacial score (nSPS) is 19.3. The second-order valence-corrected chi connectivity index (χ2v) is 11.1. The molecular weight excluding hydrogens is 485 g/mol. The molecule has 3 aromatic rings. The highest BCUT2D eigenvalue weighted by molar-refractivity contribution is 7.10. The molecule has 2 amide bonds. The van der Waals surface area contributed by atoms with E-state index < -0.39 is 0 Å². The topological polar surface area (TPSA) is 43.9 Å². The lowest BCUT2D eigenvalue weighted by atomic mass is 9.89. The Bertz CT molecular complexity index is 1260. The molecule has 0 N–H and O–H groups in total. The maximum atomic E-state index is 13.8. The molecule has 37 heavy (non-hydrogen) atoms. The highest BCUT2D eigenvalue weighted by atomic mass is 32.1. The molecular formula is C30H34FN3O2S. The minimum Gasteiger partial charge on any atom is -0.341 e. The zero-order valence-corrected chi connectivity index (χ0v) is 22.3. The van der Waals surface area contributed by atoms with Crippen LogP contribution in [0.1, 0.15) is 46.5 Å². The zero-order chi connectivity index (χ0) is 25.9. The number of rotatable bonds is 5. The summed E-state index contributed by atoms with van der Waals surface area (Å²) in [6, 6.07) is 16.6. The van der Waals surface area contributed by atoms with E-state index in [-0.39, 0.29) is 36.1 Å². The lowest BCUT2D eigenvalue weighted by molar-refractivity contribution is -0.138. The Balaban J connectivity index is 1.28. The molecule has 0 radical (unpaired) electrons. The molecule has 194 valence electrons. The maximum Gasteiger partial charge on any atom is 0.239 e. The largest absolute Gasteiger partial charge is 0.341 e. The van der Waals surface area contributed by atoms with Gasteiger partial charge in [0.05, 0.1) is 18.5 Å². The van der Waals surface area contributed by atoms with Crippen molar-refractivity contribution in [2.24, 2.45) is 0 Å². The van der Waals surface area contributed by atoms with E-state index in [9.17, 15) is 14.0 Å². The summed E-state index contributed by atoms with van der Waals surface area (Å²) in [6.45, 7) is 7.36. The van der Waals surface area contributed by atoms with Crippen LogP contribution in [0.5, 0.6) is 0 Å². The summed E-state index contributed by atoms with van der Waals surface area (Å²) in [5.41, 5.74) is 4.62. The third-order valence-corrected chi connectivity index (χ3v) is 8.77. The van der Waals surface area contributed by atoms with Crippen molar-refractivity contribution < 1.29 is 14.0 Å². The van der Waals surface area contributed by atoms with E-state index in [1.807, 2.05) is 28.1 Å². The van der Waals surface area contributed by atoms with Crippen molar-refractivity contribution in [2.75, 3.05) is 32.7 Å². The van der Waals surface area contributed by atoms with Gasteiger partial charge in [0.2, 0.25) is 11.8 Å². The molecule has 2 aliphatic heterocycles. The van der Waals surface area contributed by atoms with E-state index in [4.69, 9.17) is 0 Å². The summed E-state index contributed by atoms with van der Waals surface area (Å²) >= 11 is 1.81. The number of thiophene rings is 1. The van der Waals surface area contributed by atoms with Crippen molar-refractivity contribution in [1.29, 1.82) is 0 Å². The Morgan fingerprint density at radius 2 is 1.68 bits per heavy atom. The summed E-state index contributed by atoms with van der Waals surface area (Å²) in [7, 11) is 0. The molecule has 5 nitrogen and oxygen atoms in total. The first-order chi connectivity index (χ1) is 17.9. The molecule has 0 saturated carbocycles. The Labute approximate surface area is 222 Å². The standard InChI is InChI=1S/C30H34FN3O2S/c1-21-6-3-4-7-25(21)29-26-13-19-37-27(26)12-16-34(29)22(2)30(36)33-15-5-14-32(17-18-33)28(35)20-23-8-10-24(31)11-9-23/h3-4,6-11,13,19,22,29H,5,12,14-18,20H2,1-2H3/t22-,29-/m1/s1. The average Bonchev–Trinajstić information content (AvgIpc) is 3.25. The van der Waals surface area contributed by atoms with Gasteiger partial charge in [0.1, 0.15) is 5.82 Å². The Hall–Kier alpha value is -3.03. The van der Waals surface area contributed by atoms with Gasteiger partial charge in [-0.3, -0.25) is 14.5 Å². The van der Waals surface area contributed by atoms with Gasteiger partial charge >= 0.3 is 0 Å². The van der Waals surface area contributed by atoms with Crippen molar-refractivity contribution >= 4 is 23.2 Å². The smallest absolute Gasteiger partial charge is 0.239 e. The van der Waals surface area contributed by atoms with Gasteiger partial charge < -0.3 is 9.80 Å². The first kappa shape index (κ1) is 25.6. The number of benzene rings is 2. The van der Waals surface area contributed by atoms with Gasteiger partial charge in [-0.25, -0.2) is 4.39 Å². The monoisotopic (exact) mass is 519 g/mol. The molecule has 0 aliphatic carbocycles. The minimum absolute atomic E-state index is 0.0228. The second-order valence-electron chi connectivity index (χ2n) is 10.1. The highest BCUT2D eigenvalue weighted by Crippen LogP contribution is 2.40. The predicted molar refractivity (Wildman–Crippen MR) is 145 cm³/mol. The number of hydrogen-bond donors (Lipinski definition) is 0. The predicted octanol–water partition coefficient (Wildman–Crippen LogP) is 4.84. The van der Waals surface area contributed by atoms with Gasteiger partial charge in [0, 0.05) is 37.6 Å². The number of hydrogen-bond acceptors (Lipinski definition) is 4. The summed E-state index contributed by atoms with van der Waals surface area (Å²) < 4.78 is 13.2. The van der Waals surface area contributed by atoms with Gasteiger partial charge in [-0.2, -0.15) is 0 Å². The van der Waals surface area contributed by atoms with Crippen molar-refractivity contribution in [3.8, 4) is 0 Å². The van der Waals surface area contributed by atoms with Crippen LogP contribution in [0.15, 0.2) is 60.0 Å². The molecule has 7 heteroatoms. The van der Waals surface area contributed by atoms with E-state index in [1.165, 1.54) is 33.7 Å². The summed E-state index contributed by atoms with van der Waals surface area (Å²) in [6.07, 6.45) is 1.96. The van der Waals surface area contributed by atoms with Crippen LogP contribution in [0, 0.1) is 12.7 Å². The highest BCUT2D eigenvalue weighted by Gasteiger charge is 2.37. The molecule has 2 aliphatic rings. The first-order valence-electron chi connectivity index (χ1n) is 13.1. The van der Waals surface area contributed by atoms with Crippen LogP contribution in [-0.2, 0) is 22.4 Å². The van der Waals surface area contributed by atoms with E-state index in [2.05, 4.69) is 47.5 Å². The molecule has 0 spiro atoms. The fourth-order valence-electron chi connectivity index (χ4n) is 5.67. The second kappa shape index (κ2) is 11.2. The average molecular weight is 520 g/mol. The minimum atomic E-state index is -0.303. The summed E-state index contributed by atoms with van der Waals surface area (Å²) in [5.74, 6) is -0.150. The summed E-state index contributed by atoms with van der Waals surface area (Å²) in [4.78, 5) is 34.3. The van der Waals surface area contributed by atoms with Crippen molar-refractivity contribution in [1.82, 2.24) is 14.7 Å². The molecule has 3 heterocycles. The lowest BCUT2D eigenvalue weighted by Gasteiger charge is -2.41. The zero-order valence-electron chi connectivity index (χ0n) is 21.5. The number of halogens is 1. The van der Waals surface area contributed by atoms with Crippen LogP contribution in [0.2, 0.25) is 0 Å². The number of carbonyl (C=O) groups excluding carboxylic acids is 2. The summed E-state index contributed by atoms with van der Waals surface area (Å²) in [5, 5.41) is 2.16. The fraction of sp³-hybridized carbons (Fsp3) is 0.400. The SMILES string of the molecule is Cc1ccccc1[C@@H]1c2ccsc2CCN1[C@H](C)C(=O)N1CCCN(C(=O)Cc2ccc(F)cc2)CC1. The van der Waals surface area contributed by atoms with Gasteiger partial charge in [-0.15, -0.1) is 11.3 Å². The molecule has 5 rings (SSSR count). The number of aryl methyl sites for hydroxylation is 1.